The standard InChI is InChI=1S/C32H44ClN9O12S2/c1-14(43)26-32(54)40-21(27(35)49)13-56-55-12-18(34)28(50)39-20(8-25(47)48)30(52)36-9-23(45)38-19(6-15-3-2-4-16(33)5-15)29(51)37-10-24(46)42-11-17(44)7-22(42)31(53)41-26/h2-5,14,17-22,26,43-44H,6-13,34H2,1H3,(H2,35,49)(H,36,52)(H,37,51)(H,38,45)(H,39,50)(H,40,54)(H,41,53)(H,47,48)/t14-,17-,18+,19+,20-,21+,22+,26+/m1/s1. The van der Waals surface area contributed by atoms with E-state index in [2.05, 4.69) is 31.9 Å². The van der Waals surface area contributed by atoms with Gasteiger partial charge in [0.15, 0.2) is 0 Å². The molecule has 0 spiro atoms. The summed E-state index contributed by atoms with van der Waals surface area (Å²) in [6.45, 7) is -0.629. The number of aliphatic carboxylic acids is 1. The van der Waals surface area contributed by atoms with Crippen LogP contribution in [-0.2, 0) is 49.6 Å². The summed E-state index contributed by atoms with van der Waals surface area (Å²) < 4.78 is 0. The van der Waals surface area contributed by atoms with Crippen molar-refractivity contribution in [3.63, 3.8) is 0 Å². The van der Waals surface area contributed by atoms with Crippen molar-refractivity contribution in [3.05, 3.63) is 34.9 Å². The van der Waals surface area contributed by atoms with Crippen LogP contribution in [-0.4, -0.2) is 153 Å². The number of hydrogen-bond acceptors (Lipinski definition) is 14. The molecule has 56 heavy (non-hydrogen) atoms. The van der Waals surface area contributed by atoms with Crippen LogP contribution in [0, 0.1) is 0 Å². The molecule has 2 aliphatic heterocycles. The van der Waals surface area contributed by atoms with E-state index in [1.807, 2.05) is 0 Å². The number of aliphatic hydroxyl groups excluding tert-OH is 2. The predicted molar refractivity (Wildman–Crippen MR) is 201 cm³/mol. The first kappa shape index (κ1) is 45.7. The van der Waals surface area contributed by atoms with Crippen molar-refractivity contribution in [2.24, 2.45) is 11.5 Å². The Morgan fingerprint density at radius 3 is 2.21 bits per heavy atom. The number of hydrogen-bond donors (Lipinski definition) is 11. The number of nitrogens with two attached hydrogens (primary N) is 2. The lowest BCUT2D eigenvalue weighted by atomic mass is 10.0. The third-order valence-electron chi connectivity index (χ3n) is 8.36. The topological polar surface area (TPSA) is 342 Å². The Labute approximate surface area is 332 Å². The molecule has 24 heteroatoms. The number of nitrogens with one attached hydrogen (secondary N) is 6. The second kappa shape index (κ2) is 21.6. The van der Waals surface area contributed by atoms with Crippen LogP contribution in [0.1, 0.15) is 25.3 Å². The van der Waals surface area contributed by atoms with E-state index in [4.69, 9.17) is 23.1 Å². The van der Waals surface area contributed by atoms with Crippen LogP contribution in [0.25, 0.3) is 0 Å². The number of rotatable bonds is 6. The Hall–Kier alpha value is -4.68. The summed E-state index contributed by atoms with van der Waals surface area (Å²) in [6, 6.07) is -2.40. The van der Waals surface area contributed by atoms with E-state index < -0.39 is 121 Å². The molecular weight excluding hydrogens is 802 g/mol. The van der Waals surface area contributed by atoms with Gasteiger partial charge >= 0.3 is 5.97 Å². The molecule has 0 bridgehead atoms. The number of carboxylic acid groups (broad SMARTS) is 1. The van der Waals surface area contributed by atoms with Crippen LogP contribution in [0.15, 0.2) is 24.3 Å². The lowest BCUT2D eigenvalue weighted by molar-refractivity contribution is -0.141. The highest BCUT2D eigenvalue weighted by molar-refractivity contribution is 8.76. The van der Waals surface area contributed by atoms with Gasteiger partial charge < -0.3 is 63.6 Å². The number of primary amides is 1. The first-order valence-electron chi connectivity index (χ1n) is 17.0. The molecule has 308 valence electrons. The van der Waals surface area contributed by atoms with E-state index in [1.54, 1.807) is 18.2 Å². The molecule has 8 atom stereocenters. The molecule has 0 saturated carbocycles. The van der Waals surface area contributed by atoms with Crippen molar-refractivity contribution >= 4 is 86.4 Å². The van der Waals surface area contributed by atoms with E-state index in [0.29, 0.717) is 10.6 Å². The Bertz CT molecular complexity index is 1670. The van der Waals surface area contributed by atoms with E-state index in [-0.39, 0.29) is 30.9 Å². The molecular formula is C32H44ClN9O12S2. The van der Waals surface area contributed by atoms with E-state index in [1.165, 1.54) is 13.0 Å². The minimum Gasteiger partial charge on any atom is -0.481 e. The van der Waals surface area contributed by atoms with E-state index in [9.17, 15) is 58.5 Å². The largest absolute Gasteiger partial charge is 0.481 e. The molecule has 1 aromatic carbocycles. The number of benzene rings is 1. The van der Waals surface area contributed by atoms with Gasteiger partial charge in [-0.3, -0.25) is 43.2 Å². The number of aliphatic hydroxyl groups is 2. The molecule has 1 aromatic rings. The summed E-state index contributed by atoms with van der Waals surface area (Å²) in [5.41, 5.74) is 11.9. The van der Waals surface area contributed by atoms with Crippen LogP contribution in [0.3, 0.4) is 0 Å². The van der Waals surface area contributed by atoms with Crippen LogP contribution in [0.5, 0.6) is 0 Å². The fourth-order valence-corrected chi connectivity index (χ4v) is 7.97. The number of amides is 8. The lowest BCUT2D eigenvalue weighted by Crippen LogP contribution is -2.60. The average Bonchev–Trinajstić information content (AvgIpc) is 3.52. The number of carbonyl (C=O) groups is 9. The molecule has 0 radical (unpaired) electrons. The zero-order valence-electron chi connectivity index (χ0n) is 29.9. The molecule has 2 fully saturated rings. The molecule has 13 N–H and O–H groups in total. The van der Waals surface area contributed by atoms with Crippen molar-refractivity contribution in [2.45, 2.75) is 74.6 Å². The second-order valence-corrected chi connectivity index (χ2v) is 15.9. The Balaban J connectivity index is 1.91. The van der Waals surface area contributed by atoms with Gasteiger partial charge in [0.2, 0.25) is 47.3 Å². The van der Waals surface area contributed by atoms with E-state index >= 15 is 0 Å². The highest BCUT2D eigenvalue weighted by Gasteiger charge is 2.41. The number of nitrogens with zero attached hydrogens (tertiary/aromatic N) is 1. The van der Waals surface area contributed by atoms with Crippen molar-refractivity contribution < 1.29 is 58.5 Å². The van der Waals surface area contributed by atoms with Crippen molar-refractivity contribution in [1.82, 2.24) is 36.8 Å². The van der Waals surface area contributed by atoms with Crippen molar-refractivity contribution in [1.29, 1.82) is 0 Å². The summed E-state index contributed by atoms with van der Waals surface area (Å²) in [7, 11) is 1.93. The van der Waals surface area contributed by atoms with E-state index in [0.717, 1.165) is 26.5 Å². The number of fused-ring (bicyclic) bond motifs is 1. The molecule has 8 amide bonds. The van der Waals surface area contributed by atoms with Gasteiger partial charge in [-0.2, -0.15) is 0 Å². The molecule has 2 aliphatic rings. The minimum absolute atomic E-state index is 0.134. The number of halogens is 1. The Kier molecular flexibility index (Phi) is 17.6. The summed E-state index contributed by atoms with van der Waals surface area (Å²) in [5, 5.41) is 44.4. The maximum Gasteiger partial charge on any atom is 0.305 e. The minimum atomic E-state index is -1.67. The van der Waals surface area contributed by atoms with Gasteiger partial charge in [-0.05, 0) is 24.6 Å². The normalized spacial score (nSPS) is 27.7. The molecule has 0 unspecified atom stereocenters. The molecule has 0 aliphatic carbocycles. The highest BCUT2D eigenvalue weighted by Crippen LogP contribution is 2.23. The number of carbonyl (C=O) groups excluding carboxylic acids is 8. The lowest BCUT2D eigenvalue weighted by Gasteiger charge is -2.28. The Morgan fingerprint density at radius 2 is 1.57 bits per heavy atom. The molecule has 0 aromatic heterocycles. The van der Waals surface area contributed by atoms with Crippen molar-refractivity contribution in [3.8, 4) is 0 Å². The van der Waals surface area contributed by atoms with Crippen LogP contribution >= 0.6 is 33.2 Å². The van der Waals surface area contributed by atoms with Crippen LogP contribution in [0.4, 0.5) is 0 Å². The first-order valence-corrected chi connectivity index (χ1v) is 19.9. The third kappa shape index (κ3) is 14.1. The molecule has 3 rings (SSSR count). The maximum absolute atomic E-state index is 13.4. The smallest absolute Gasteiger partial charge is 0.305 e. The predicted octanol–water partition coefficient (Wildman–Crippen LogP) is -4.92. The van der Waals surface area contributed by atoms with Crippen LogP contribution in [0.2, 0.25) is 5.02 Å². The summed E-state index contributed by atoms with van der Waals surface area (Å²) in [5.74, 6) is -9.32. The van der Waals surface area contributed by atoms with Gasteiger partial charge in [-0.25, -0.2) is 0 Å². The zero-order valence-corrected chi connectivity index (χ0v) is 32.3. The van der Waals surface area contributed by atoms with Crippen molar-refractivity contribution in [2.75, 3.05) is 31.1 Å². The van der Waals surface area contributed by atoms with Gasteiger partial charge in [0, 0.05) is 35.9 Å². The molecule has 21 nitrogen and oxygen atoms in total. The summed E-state index contributed by atoms with van der Waals surface area (Å²) in [6.07, 6.45) is -3.99. The summed E-state index contributed by atoms with van der Waals surface area (Å²) in [4.78, 5) is 117. The van der Waals surface area contributed by atoms with Gasteiger partial charge in [0.05, 0.1) is 37.8 Å². The van der Waals surface area contributed by atoms with Gasteiger partial charge in [0.25, 0.3) is 0 Å². The highest BCUT2D eigenvalue weighted by atomic mass is 35.5. The van der Waals surface area contributed by atoms with Gasteiger partial charge in [-0.15, -0.1) is 0 Å². The maximum atomic E-state index is 13.4. The quantitative estimate of drug-likeness (QED) is 0.120. The summed E-state index contributed by atoms with van der Waals surface area (Å²) >= 11 is 6.09. The number of carboxylic acids is 1. The van der Waals surface area contributed by atoms with Gasteiger partial charge in [-0.1, -0.05) is 45.3 Å². The average molecular weight is 846 g/mol. The monoisotopic (exact) mass is 845 g/mol. The first-order chi connectivity index (χ1) is 26.4. The molecule has 2 heterocycles. The van der Waals surface area contributed by atoms with Gasteiger partial charge in [0.1, 0.15) is 30.2 Å². The van der Waals surface area contributed by atoms with Crippen LogP contribution < -0.4 is 43.4 Å². The second-order valence-electron chi connectivity index (χ2n) is 12.9. The third-order valence-corrected chi connectivity index (χ3v) is 11.0. The fraction of sp³-hybridized carbons (Fsp3) is 0.531. The SMILES string of the molecule is C[C@@H](O)[C@@H]1NC(=O)[C@@H]2C[C@@H](O)CN2C(=O)CNC(=O)[C@H](Cc2cccc(Cl)c2)NC(=O)CNC(=O)[C@@H](CC(=O)O)NC(=O)[C@@H](N)CSSC[C@@H](C(N)=O)NC1=O. The Morgan fingerprint density at radius 1 is 0.911 bits per heavy atom. The zero-order chi connectivity index (χ0) is 41.7. The molecule has 2 saturated heterocycles. The fourth-order valence-electron chi connectivity index (χ4n) is 5.46.